The summed E-state index contributed by atoms with van der Waals surface area (Å²) in [6.07, 6.45) is 10.0. The monoisotopic (exact) mass is 507 g/mol. The van der Waals surface area contributed by atoms with Crippen LogP contribution in [0.1, 0.15) is 56.6 Å². The van der Waals surface area contributed by atoms with Crippen LogP contribution < -0.4 is 10.3 Å². The van der Waals surface area contributed by atoms with E-state index in [1.165, 1.54) is 35.4 Å². The number of benzene rings is 1. The lowest BCUT2D eigenvalue weighted by molar-refractivity contribution is -0.122. The second-order valence-corrected chi connectivity index (χ2v) is 10.2. The summed E-state index contributed by atoms with van der Waals surface area (Å²) in [7, 11) is 0. The SMILES string of the molecule is CCCCCCCCN1C(=O)/C(=C\c2c(Oc3ccccc3C)nc3ccccn3c2=O)SC1=S. The van der Waals surface area contributed by atoms with Crippen LogP contribution in [0.25, 0.3) is 11.7 Å². The number of para-hydroxylation sites is 1. The van der Waals surface area contributed by atoms with Crippen molar-refractivity contribution in [3.8, 4) is 11.6 Å². The quantitative estimate of drug-likeness (QED) is 0.181. The lowest BCUT2D eigenvalue weighted by Crippen LogP contribution is -2.29. The lowest BCUT2D eigenvalue weighted by atomic mass is 10.1. The van der Waals surface area contributed by atoms with Gasteiger partial charge in [0, 0.05) is 12.7 Å². The number of carbonyl (C=O) groups is 1. The van der Waals surface area contributed by atoms with Crippen molar-refractivity contribution >= 4 is 45.9 Å². The maximum atomic E-state index is 13.4. The van der Waals surface area contributed by atoms with Gasteiger partial charge in [-0.15, -0.1) is 0 Å². The molecule has 0 radical (unpaired) electrons. The predicted octanol–water partition coefficient (Wildman–Crippen LogP) is 6.36. The number of unbranched alkanes of at least 4 members (excludes halogenated alkanes) is 5. The Kier molecular flexibility index (Phi) is 8.36. The van der Waals surface area contributed by atoms with Gasteiger partial charge < -0.3 is 4.74 Å². The summed E-state index contributed by atoms with van der Waals surface area (Å²) in [5.74, 6) is 0.592. The van der Waals surface area contributed by atoms with Crippen molar-refractivity contribution in [1.29, 1.82) is 0 Å². The molecule has 6 nitrogen and oxygen atoms in total. The number of thiocarbonyl (C=S) groups is 1. The predicted molar refractivity (Wildman–Crippen MR) is 146 cm³/mol. The molecule has 0 aliphatic carbocycles. The van der Waals surface area contributed by atoms with Crippen molar-refractivity contribution in [2.24, 2.45) is 0 Å². The Bertz CT molecular complexity index is 1330. The first-order valence-electron chi connectivity index (χ1n) is 12.0. The first-order chi connectivity index (χ1) is 17.0. The number of rotatable bonds is 10. The summed E-state index contributed by atoms with van der Waals surface area (Å²) in [6.45, 7) is 4.71. The van der Waals surface area contributed by atoms with Gasteiger partial charge in [-0.2, -0.15) is 4.98 Å². The highest BCUT2D eigenvalue weighted by Gasteiger charge is 2.32. The Morgan fingerprint density at radius 2 is 1.77 bits per heavy atom. The van der Waals surface area contributed by atoms with Crippen LogP contribution in [0, 0.1) is 6.92 Å². The van der Waals surface area contributed by atoms with Gasteiger partial charge in [-0.25, -0.2) is 0 Å². The molecule has 1 amide bonds. The summed E-state index contributed by atoms with van der Waals surface area (Å²) in [4.78, 5) is 33.2. The van der Waals surface area contributed by atoms with E-state index in [0.717, 1.165) is 24.8 Å². The average Bonchev–Trinajstić information content (AvgIpc) is 3.12. The molecular weight excluding hydrogens is 478 g/mol. The summed E-state index contributed by atoms with van der Waals surface area (Å²) < 4.78 is 8.07. The van der Waals surface area contributed by atoms with Crippen LogP contribution in [0.2, 0.25) is 0 Å². The standard InChI is InChI=1S/C27H29N3O3S2/c1-3-4-5-6-7-11-17-30-26(32)22(35-27(30)34)18-20-24(33-21-14-9-8-13-19(21)2)28-23-15-10-12-16-29(23)25(20)31/h8-10,12-16,18H,3-7,11,17H2,1-2H3/b22-18+. The molecule has 3 aromatic rings. The Morgan fingerprint density at radius 1 is 1.03 bits per heavy atom. The van der Waals surface area contributed by atoms with E-state index in [1.807, 2.05) is 37.3 Å². The van der Waals surface area contributed by atoms with E-state index >= 15 is 0 Å². The van der Waals surface area contributed by atoms with Gasteiger partial charge in [-0.3, -0.25) is 18.9 Å². The molecule has 2 aromatic heterocycles. The van der Waals surface area contributed by atoms with Gasteiger partial charge >= 0.3 is 0 Å². The molecule has 0 N–H and O–H groups in total. The minimum Gasteiger partial charge on any atom is -0.438 e. The van der Waals surface area contributed by atoms with Crippen LogP contribution in [0.3, 0.4) is 0 Å². The van der Waals surface area contributed by atoms with E-state index in [-0.39, 0.29) is 22.9 Å². The molecule has 0 saturated carbocycles. The smallest absolute Gasteiger partial charge is 0.269 e. The molecule has 1 aliphatic rings. The molecule has 8 heteroatoms. The van der Waals surface area contributed by atoms with Crippen molar-refractivity contribution in [3.05, 3.63) is 75.0 Å². The van der Waals surface area contributed by atoms with Crippen molar-refractivity contribution in [1.82, 2.24) is 14.3 Å². The first-order valence-corrected chi connectivity index (χ1v) is 13.2. The molecule has 0 spiro atoms. The van der Waals surface area contributed by atoms with Crippen LogP contribution >= 0.6 is 24.0 Å². The zero-order valence-electron chi connectivity index (χ0n) is 20.0. The fourth-order valence-corrected chi connectivity index (χ4v) is 5.22. The molecule has 1 aliphatic heterocycles. The fourth-order valence-electron chi connectivity index (χ4n) is 3.93. The summed E-state index contributed by atoms with van der Waals surface area (Å²) in [5.41, 5.74) is 1.30. The molecule has 3 heterocycles. The molecule has 0 unspecified atom stereocenters. The molecule has 1 fully saturated rings. The fraction of sp³-hybridized carbons (Fsp3) is 0.333. The zero-order valence-corrected chi connectivity index (χ0v) is 21.7. The number of pyridine rings is 1. The molecular formula is C27H29N3O3S2. The van der Waals surface area contributed by atoms with Crippen LogP contribution in [-0.2, 0) is 4.79 Å². The van der Waals surface area contributed by atoms with Gasteiger partial charge in [0.25, 0.3) is 11.5 Å². The van der Waals surface area contributed by atoms with Gasteiger partial charge in [0.1, 0.15) is 21.3 Å². The third kappa shape index (κ3) is 5.82. The maximum absolute atomic E-state index is 13.4. The number of amides is 1. The van der Waals surface area contributed by atoms with Crippen LogP contribution in [0.4, 0.5) is 0 Å². The first kappa shape index (κ1) is 25.1. The van der Waals surface area contributed by atoms with E-state index in [2.05, 4.69) is 11.9 Å². The normalized spacial score (nSPS) is 14.9. The van der Waals surface area contributed by atoms with Crippen molar-refractivity contribution in [2.45, 2.75) is 52.4 Å². The van der Waals surface area contributed by atoms with Crippen molar-refractivity contribution in [3.63, 3.8) is 0 Å². The highest BCUT2D eigenvalue weighted by Crippen LogP contribution is 2.34. The largest absolute Gasteiger partial charge is 0.438 e. The number of fused-ring (bicyclic) bond motifs is 1. The van der Waals surface area contributed by atoms with Crippen LogP contribution in [0.5, 0.6) is 11.6 Å². The molecule has 0 bridgehead atoms. The second-order valence-electron chi connectivity index (χ2n) is 8.53. The molecule has 1 saturated heterocycles. The highest BCUT2D eigenvalue weighted by molar-refractivity contribution is 8.26. The van der Waals surface area contributed by atoms with E-state index in [9.17, 15) is 9.59 Å². The average molecular weight is 508 g/mol. The number of hydrogen-bond acceptors (Lipinski definition) is 6. The summed E-state index contributed by atoms with van der Waals surface area (Å²) in [6, 6.07) is 12.9. The van der Waals surface area contributed by atoms with Gasteiger partial charge in [-0.05, 0) is 43.2 Å². The molecule has 1 aromatic carbocycles. The molecule has 0 atom stereocenters. The third-order valence-corrected chi connectivity index (χ3v) is 7.30. The molecule has 182 valence electrons. The molecule has 4 rings (SSSR count). The minimum absolute atomic E-state index is 0.164. The lowest BCUT2D eigenvalue weighted by Gasteiger charge is -2.14. The number of hydrogen-bond donors (Lipinski definition) is 0. The van der Waals surface area contributed by atoms with Crippen molar-refractivity contribution < 1.29 is 9.53 Å². The highest BCUT2D eigenvalue weighted by atomic mass is 32.2. The maximum Gasteiger partial charge on any atom is 0.269 e. The number of aromatic nitrogens is 2. The number of ether oxygens (including phenoxy) is 1. The topological polar surface area (TPSA) is 63.9 Å². The minimum atomic E-state index is -0.305. The Hall–Kier alpha value is -2.97. The van der Waals surface area contributed by atoms with Gasteiger partial charge in [0.2, 0.25) is 5.88 Å². The Morgan fingerprint density at radius 3 is 2.57 bits per heavy atom. The van der Waals surface area contributed by atoms with Gasteiger partial charge in [0.15, 0.2) is 0 Å². The number of thioether (sulfide) groups is 1. The van der Waals surface area contributed by atoms with Crippen LogP contribution in [-0.4, -0.2) is 31.1 Å². The number of nitrogens with zero attached hydrogens (tertiary/aromatic N) is 3. The van der Waals surface area contributed by atoms with Gasteiger partial charge in [-0.1, -0.05) is 87.3 Å². The van der Waals surface area contributed by atoms with E-state index < -0.39 is 0 Å². The van der Waals surface area contributed by atoms with Crippen molar-refractivity contribution in [2.75, 3.05) is 6.54 Å². The number of carbonyl (C=O) groups excluding carboxylic acids is 1. The molecule has 35 heavy (non-hydrogen) atoms. The number of aryl methyl sites for hydroxylation is 1. The van der Waals surface area contributed by atoms with Gasteiger partial charge in [0.05, 0.1) is 4.91 Å². The third-order valence-electron chi connectivity index (χ3n) is 5.92. The van der Waals surface area contributed by atoms with E-state index in [4.69, 9.17) is 17.0 Å². The summed E-state index contributed by atoms with van der Waals surface area (Å²) >= 11 is 6.71. The van der Waals surface area contributed by atoms with Crippen LogP contribution in [0.15, 0.2) is 58.4 Å². The Balaban J connectivity index is 1.63. The Labute approximate surface area is 215 Å². The van der Waals surface area contributed by atoms with E-state index in [0.29, 0.717) is 27.2 Å². The summed E-state index contributed by atoms with van der Waals surface area (Å²) in [5, 5.41) is 0. The zero-order chi connectivity index (χ0) is 24.8. The second kappa shape index (κ2) is 11.6. The van der Waals surface area contributed by atoms with E-state index in [1.54, 1.807) is 29.3 Å².